The molecule has 0 aliphatic carbocycles. The van der Waals surface area contributed by atoms with Crippen LogP contribution < -0.4 is 14.8 Å². The highest BCUT2D eigenvalue weighted by Gasteiger charge is 2.12. The minimum Gasteiger partial charge on any atom is -0.493 e. The quantitative estimate of drug-likeness (QED) is 0.711. The van der Waals surface area contributed by atoms with Gasteiger partial charge in [-0.15, -0.1) is 0 Å². The Morgan fingerprint density at radius 1 is 1.07 bits per heavy atom. The molecule has 28 heavy (non-hydrogen) atoms. The average molecular weight is 382 g/mol. The number of carbonyl (C=O) groups excluding carboxylic acids is 2. The zero-order chi connectivity index (χ0) is 20.5. The van der Waals surface area contributed by atoms with E-state index in [0.29, 0.717) is 11.5 Å². The number of aryl methyl sites for hydroxylation is 1. The van der Waals surface area contributed by atoms with Crippen molar-refractivity contribution >= 4 is 23.6 Å². The maximum atomic E-state index is 12.3. The molecule has 0 heterocycles. The lowest BCUT2D eigenvalue weighted by atomic mass is 10.1. The number of carbonyl (C=O) groups is 2. The van der Waals surface area contributed by atoms with Crippen molar-refractivity contribution in [1.29, 1.82) is 0 Å². The van der Waals surface area contributed by atoms with Crippen LogP contribution in [0.5, 0.6) is 11.5 Å². The van der Waals surface area contributed by atoms with Crippen LogP contribution in [0.15, 0.2) is 48.5 Å². The van der Waals surface area contributed by atoms with Crippen LogP contribution in [0.1, 0.15) is 18.1 Å². The number of nitrogens with zero attached hydrogens (tertiary/aromatic N) is 1. The highest BCUT2D eigenvalue weighted by Crippen LogP contribution is 2.28. The molecule has 0 unspecified atom stereocenters. The Kier molecular flexibility index (Phi) is 7.63. The van der Waals surface area contributed by atoms with Gasteiger partial charge in [-0.1, -0.05) is 31.2 Å². The first kappa shape index (κ1) is 21.0. The van der Waals surface area contributed by atoms with E-state index in [1.54, 1.807) is 39.5 Å². The molecule has 0 fully saturated rings. The van der Waals surface area contributed by atoms with E-state index in [1.165, 1.54) is 11.0 Å². The Morgan fingerprint density at radius 2 is 1.79 bits per heavy atom. The predicted molar refractivity (Wildman–Crippen MR) is 111 cm³/mol. The number of nitrogens with one attached hydrogen (secondary N) is 1. The Labute approximate surface area is 165 Å². The molecule has 6 nitrogen and oxygen atoms in total. The molecule has 2 aromatic carbocycles. The summed E-state index contributed by atoms with van der Waals surface area (Å²) in [7, 11) is 4.71. The van der Waals surface area contributed by atoms with Crippen molar-refractivity contribution in [3.8, 4) is 11.5 Å². The van der Waals surface area contributed by atoms with Crippen LogP contribution in [0.25, 0.3) is 6.08 Å². The fraction of sp³-hybridized carbons (Fsp3) is 0.273. The Hall–Kier alpha value is -3.28. The first-order chi connectivity index (χ1) is 13.5. The van der Waals surface area contributed by atoms with Crippen molar-refractivity contribution in [3.63, 3.8) is 0 Å². The van der Waals surface area contributed by atoms with Gasteiger partial charge in [-0.25, -0.2) is 0 Å². The summed E-state index contributed by atoms with van der Waals surface area (Å²) in [5.41, 5.74) is 2.62. The smallest absolute Gasteiger partial charge is 0.246 e. The number of hydrogen-bond donors (Lipinski definition) is 1. The molecule has 148 valence electrons. The summed E-state index contributed by atoms with van der Waals surface area (Å²) in [6, 6.07) is 13.0. The van der Waals surface area contributed by atoms with Crippen LogP contribution in [-0.2, 0) is 16.0 Å². The minimum absolute atomic E-state index is 0.0346. The van der Waals surface area contributed by atoms with Gasteiger partial charge >= 0.3 is 0 Å². The molecule has 0 radical (unpaired) electrons. The lowest BCUT2D eigenvalue weighted by Crippen LogP contribution is -2.34. The minimum atomic E-state index is -0.270. The zero-order valence-corrected chi connectivity index (χ0v) is 16.7. The van der Waals surface area contributed by atoms with Gasteiger partial charge in [0.1, 0.15) is 0 Å². The molecule has 0 saturated carbocycles. The lowest BCUT2D eigenvalue weighted by molar-refractivity contribution is -0.129. The largest absolute Gasteiger partial charge is 0.493 e. The maximum absolute atomic E-state index is 12.3. The first-order valence-corrected chi connectivity index (χ1v) is 9.01. The van der Waals surface area contributed by atoms with Crippen LogP contribution >= 0.6 is 0 Å². The fourth-order valence-corrected chi connectivity index (χ4v) is 2.68. The number of para-hydroxylation sites is 1. The van der Waals surface area contributed by atoms with E-state index in [1.807, 2.05) is 37.3 Å². The van der Waals surface area contributed by atoms with Crippen LogP contribution in [0.2, 0.25) is 0 Å². The second-order valence-electron chi connectivity index (χ2n) is 6.20. The van der Waals surface area contributed by atoms with Gasteiger partial charge in [-0.05, 0) is 41.8 Å². The molecule has 0 atom stereocenters. The van der Waals surface area contributed by atoms with Gasteiger partial charge in [0.15, 0.2) is 11.5 Å². The third-order valence-corrected chi connectivity index (χ3v) is 4.26. The van der Waals surface area contributed by atoms with E-state index in [2.05, 4.69) is 5.32 Å². The Bertz CT molecular complexity index is 861. The molecule has 0 bridgehead atoms. The van der Waals surface area contributed by atoms with Gasteiger partial charge in [0.2, 0.25) is 11.8 Å². The van der Waals surface area contributed by atoms with Crippen LogP contribution in [-0.4, -0.2) is 44.5 Å². The second-order valence-corrected chi connectivity index (χ2v) is 6.20. The normalized spacial score (nSPS) is 10.6. The highest BCUT2D eigenvalue weighted by atomic mass is 16.5. The monoisotopic (exact) mass is 382 g/mol. The number of rotatable bonds is 8. The van der Waals surface area contributed by atoms with Crippen molar-refractivity contribution in [1.82, 2.24) is 4.90 Å². The van der Waals surface area contributed by atoms with E-state index in [4.69, 9.17) is 9.47 Å². The van der Waals surface area contributed by atoms with Crippen LogP contribution in [0.4, 0.5) is 5.69 Å². The van der Waals surface area contributed by atoms with Gasteiger partial charge in [0.05, 0.1) is 20.8 Å². The lowest BCUT2D eigenvalue weighted by Gasteiger charge is -2.16. The van der Waals surface area contributed by atoms with E-state index in [0.717, 1.165) is 23.2 Å². The van der Waals surface area contributed by atoms with E-state index in [9.17, 15) is 9.59 Å². The molecule has 6 heteroatoms. The van der Waals surface area contributed by atoms with Gasteiger partial charge in [-0.2, -0.15) is 0 Å². The molecule has 0 aliphatic heterocycles. The molecular weight excluding hydrogens is 356 g/mol. The maximum Gasteiger partial charge on any atom is 0.246 e. The molecule has 1 N–H and O–H groups in total. The van der Waals surface area contributed by atoms with Gasteiger partial charge in [0, 0.05) is 18.8 Å². The summed E-state index contributed by atoms with van der Waals surface area (Å²) in [6.07, 6.45) is 3.92. The van der Waals surface area contributed by atoms with Crippen molar-refractivity contribution < 1.29 is 19.1 Å². The van der Waals surface area contributed by atoms with Crippen molar-refractivity contribution in [2.45, 2.75) is 13.3 Å². The van der Waals surface area contributed by atoms with E-state index >= 15 is 0 Å². The van der Waals surface area contributed by atoms with Gasteiger partial charge < -0.3 is 19.7 Å². The number of ether oxygens (including phenoxy) is 2. The summed E-state index contributed by atoms with van der Waals surface area (Å²) >= 11 is 0. The van der Waals surface area contributed by atoms with Gasteiger partial charge in [0.25, 0.3) is 0 Å². The number of likely N-dealkylation sites (N-methyl/N-ethyl adjacent to an activating group) is 1. The van der Waals surface area contributed by atoms with Crippen LogP contribution in [0, 0.1) is 0 Å². The first-order valence-electron chi connectivity index (χ1n) is 9.01. The third kappa shape index (κ3) is 5.61. The summed E-state index contributed by atoms with van der Waals surface area (Å²) in [5.74, 6) is 0.691. The zero-order valence-electron chi connectivity index (χ0n) is 16.7. The molecule has 2 rings (SSSR count). The Balaban J connectivity index is 1.96. The summed E-state index contributed by atoms with van der Waals surface area (Å²) in [6.45, 7) is 1.99. The second kappa shape index (κ2) is 10.2. The highest BCUT2D eigenvalue weighted by molar-refractivity contribution is 5.98. The molecule has 0 spiro atoms. The molecule has 2 aromatic rings. The summed E-state index contributed by atoms with van der Waals surface area (Å²) in [5, 5.41) is 2.86. The molecule has 0 saturated heterocycles. The fourth-order valence-electron chi connectivity index (χ4n) is 2.68. The van der Waals surface area contributed by atoms with E-state index in [-0.39, 0.29) is 18.4 Å². The average Bonchev–Trinajstić information content (AvgIpc) is 2.71. The SMILES string of the molecule is CCc1ccccc1NC(=O)CN(C)C(=O)/C=C/c1ccc(OC)c(OC)c1. The van der Waals surface area contributed by atoms with Crippen molar-refractivity contribution in [2.24, 2.45) is 0 Å². The van der Waals surface area contributed by atoms with Crippen molar-refractivity contribution in [2.75, 3.05) is 33.1 Å². The third-order valence-electron chi connectivity index (χ3n) is 4.26. The standard InChI is InChI=1S/C22H26N2O4/c1-5-17-8-6-7-9-18(17)23-21(25)15-24(2)22(26)13-11-16-10-12-19(27-3)20(14-16)28-4/h6-14H,5,15H2,1-4H3,(H,23,25)/b13-11+. The number of methoxy groups -OCH3 is 2. The predicted octanol–water partition coefficient (Wildman–Crippen LogP) is 3.38. The molecule has 0 aromatic heterocycles. The number of amides is 2. The number of anilines is 1. The number of hydrogen-bond acceptors (Lipinski definition) is 4. The van der Waals surface area contributed by atoms with E-state index < -0.39 is 0 Å². The molecule has 2 amide bonds. The Morgan fingerprint density at radius 3 is 2.46 bits per heavy atom. The van der Waals surface area contributed by atoms with Crippen LogP contribution in [0.3, 0.4) is 0 Å². The summed E-state index contributed by atoms with van der Waals surface area (Å²) < 4.78 is 10.4. The number of benzene rings is 2. The van der Waals surface area contributed by atoms with Crippen molar-refractivity contribution in [3.05, 3.63) is 59.7 Å². The molecule has 0 aliphatic rings. The summed E-state index contributed by atoms with van der Waals surface area (Å²) in [4.78, 5) is 25.9. The van der Waals surface area contributed by atoms with Gasteiger partial charge in [-0.3, -0.25) is 9.59 Å². The topological polar surface area (TPSA) is 67.9 Å². The molecular formula is C22H26N2O4.